The maximum Gasteiger partial charge on any atom is 0.0367 e. The van der Waals surface area contributed by atoms with E-state index in [9.17, 15) is 0 Å². The van der Waals surface area contributed by atoms with E-state index in [0.717, 1.165) is 11.6 Å². The van der Waals surface area contributed by atoms with E-state index in [1.54, 1.807) is 0 Å². The molecule has 0 radical (unpaired) electrons. The Labute approximate surface area is 127 Å². The molecule has 1 fully saturated rings. The topological polar surface area (TPSA) is 32.5 Å². The van der Waals surface area contributed by atoms with Crippen molar-refractivity contribution in [1.29, 1.82) is 0 Å². The van der Waals surface area contributed by atoms with Crippen molar-refractivity contribution in [2.24, 2.45) is 5.92 Å². The Bertz CT molecular complexity index is 364. The first-order chi connectivity index (χ1) is 8.65. The van der Waals surface area contributed by atoms with Gasteiger partial charge in [-0.1, -0.05) is 0 Å². The molecule has 1 aliphatic rings. The van der Waals surface area contributed by atoms with E-state index in [1.165, 1.54) is 44.6 Å². The third kappa shape index (κ3) is 5.03. The van der Waals surface area contributed by atoms with Gasteiger partial charge >= 0.3 is 0 Å². The van der Waals surface area contributed by atoms with E-state index in [4.69, 9.17) is 5.73 Å². The summed E-state index contributed by atoms with van der Waals surface area (Å²) < 4.78 is 0. The van der Waals surface area contributed by atoms with Crippen LogP contribution < -0.4 is 10.6 Å². The molecule has 108 valence electrons. The molecule has 0 bridgehead atoms. The quantitative estimate of drug-likeness (QED) is 0.844. The van der Waals surface area contributed by atoms with Gasteiger partial charge in [0.05, 0.1) is 0 Å². The number of hydrogen-bond acceptors (Lipinski definition) is 3. The molecule has 4 heteroatoms. The molecule has 1 aromatic carbocycles. The minimum atomic E-state index is 0. The Kier molecular flexibility index (Phi) is 6.66. The molecular weight excluding hydrogens is 302 g/mol. The highest BCUT2D eigenvalue weighted by molar-refractivity contribution is 8.93. The fourth-order valence-electron chi connectivity index (χ4n) is 2.68. The lowest BCUT2D eigenvalue weighted by molar-refractivity contribution is 0.373. The number of nitrogens with two attached hydrogens (primary N) is 1. The SMILES string of the molecule is Br.CN(C)CCCC1CCN(c2ccc(N)cc2)C1. The van der Waals surface area contributed by atoms with Crippen LogP contribution in [0.2, 0.25) is 0 Å². The molecule has 0 aliphatic carbocycles. The minimum absolute atomic E-state index is 0. The second-order valence-electron chi connectivity index (χ2n) is 5.64. The number of nitrogen functional groups attached to an aromatic ring is 1. The van der Waals surface area contributed by atoms with Crippen LogP contribution in [-0.4, -0.2) is 38.6 Å². The lowest BCUT2D eigenvalue weighted by atomic mass is 10.0. The highest BCUT2D eigenvalue weighted by atomic mass is 79.9. The van der Waals surface area contributed by atoms with E-state index in [-0.39, 0.29) is 17.0 Å². The van der Waals surface area contributed by atoms with Gasteiger partial charge in [-0.15, -0.1) is 17.0 Å². The predicted molar refractivity (Wildman–Crippen MR) is 89.3 cm³/mol. The zero-order valence-electron chi connectivity index (χ0n) is 12.0. The summed E-state index contributed by atoms with van der Waals surface area (Å²) in [7, 11) is 4.30. The number of benzene rings is 1. The van der Waals surface area contributed by atoms with Gasteiger partial charge in [-0.05, 0) is 70.1 Å². The fourth-order valence-corrected chi connectivity index (χ4v) is 2.68. The van der Waals surface area contributed by atoms with Crippen molar-refractivity contribution in [3.8, 4) is 0 Å². The Morgan fingerprint density at radius 3 is 2.58 bits per heavy atom. The number of nitrogens with zero attached hydrogens (tertiary/aromatic N) is 2. The minimum Gasteiger partial charge on any atom is -0.399 e. The summed E-state index contributed by atoms with van der Waals surface area (Å²) in [6.07, 6.45) is 3.99. The van der Waals surface area contributed by atoms with Crippen LogP contribution in [-0.2, 0) is 0 Å². The molecule has 19 heavy (non-hydrogen) atoms. The molecule has 1 aromatic rings. The molecule has 0 saturated carbocycles. The molecule has 2 rings (SSSR count). The van der Waals surface area contributed by atoms with Crippen LogP contribution in [0, 0.1) is 5.92 Å². The van der Waals surface area contributed by atoms with Gasteiger partial charge in [-0.2, -0.15) is 0 Å². The largest absolute Gasteiger partial charge is 0.399 e. The summed E-state index contributed by atoms with van der Waals surface area (Å²) in [6, 6.07) is 8.26. The Morgan fingerprint density at radius 2 is 1.95 bits per heavy atom. The zero-order chi connectivity index (χ0) is 13.0. The molecule has 1 heterocycles. The maximum atomic E-state index is 5.72. The standard InChI is InChI=1S/C15H25N3.BrH/c1-17(2)10-3-4-13-9-11-18(12-13)15-7-5-14(16)6-8-15;/h5-8,13H,3-4,9-12,16H2,1-2H3;1H. The second-order valence-corrected chi connectivity index (χ2v) is 5.64. The van der Waals surface area contributed by atoms with Gasteiger partial charge in [-0.25, -0.2) is 0 Å². The smallest absolute Gasteiger partial charge is 0.0367 e. The number of rotatable bonds is 5. The first kappa shape index (κ1) is 16.3. The molecule has 1 aliphatic heterocycles. The monoisotopic (exact) mass is 327 g/mol. The highest BCUT2D eigenvalue weighted by Crippen LogP contribution is 2.26. The Balaban J connectivity index is 0.00000180. The molecule has 3 nitrogen and oxygen atoms in total. The molecule has 2 N–H and O–H groups in total. The van der Waals surface area contributed by atoms with Crippen molar-refractivity contribution in [3.05, 3.63) is 24.3 Å². The van der Waals surface area contributed by atoms with E-state index >= 15 is 0 Å². The van der Waals surface area contributed by atoms with Crippen LogP contribution in [0.4, 0.5) is 11.4 Å². The third-order valence-corrected chi connectivity index (χ3v) is 3.76. The van der Waals surface area contributed by atoms with Crippen LogP contribution in [0.15, 0.2) is 24.3 Å². The number of anilines is 2. The zero-order valence-corrected chi connectivity index (χ0v) is 13.7. The first-order valence-electron chi connectivity index (χ1n) is 6.90. The summed E-state index contributed by atoms with van der Waals surface area (Å²) in [5, 5.41) is 0. The summed E-state index contributed by atoms with van der Waals surface area (Å²) in [5.74, 6) is 0.863. The van der Waals surface area contributed by atoms with Crippen LogP contribution in [0.25, 0.3) is 0 Å². The van der Waals surface area contributed by atoms with Gasteiger partial charge in [-0.3, -0.25) is 0 Å². The van der Waals surface area contributed by atoms with Crippen LogP contribution in [0.1, 0.15) is 19.3 Å². The normalized spacial score (nSPS) is 18.7. The van der Waals surface area contributed by atoms with Crippen molar-refractivity contribution in [2.45, 2.75) is 19.3 Å². The molecular formula is C15H26BrN3. The maximum absolute atomic E-state index is 5.72. The van der Waals surface area contributed by atoms with Gasteiger partial charge in [0, 0.05) is 24.5 Å². The van der Waals surface area contributed by atoms with Crippen molar-refractivity contribution in [1.82, 2.24) is 4.90 Å². The van der Waals surface area contributed by atoms with Crippen molar-refractivity contribution in [3.63, 3.8) is 0 Å². The second kappa shape index (κ2) is 7.75. The summed E-state index contributed by atoms with van der Waals surface area (Å²) >= 11 is 0. The van der Waals surface area contributed by atoms with Gasteiger partial charge in [0.25, 0.3) is 0 Å². The van der Waals surface area contributed by atoms with Gasteiger partial charge in [0.2, 0.25) is 0 Å². The first-order valence-corrected chi connectivity index (χ1v) is 6.90. The van der Waals surface area contributed by atoms with E-state index < -0.39 is 0 Å². The number of hydrogen-bond donors (Lipinski definition) is 1. The summed E-state index contributed by atoms with van der Waals surface area (Å²) in [5.41, 5.74) is 7.89. The van der Waals surface area contributed by atoms with Crippen LogP contribution in [0.5, 0.6) is 0 Å². The van der Waals surface area contributed by atoms with Crippen molar-refractivity contribution < 1.29 is 0 Å². The van der Waals surface area contributed by atoms with Crippen molar-refractivity contribution >= 4 is 28.4 Å². The van der Waals surface area contributed by atoms with Gasteiger partial charge in [0.15, 0.2) is 0 Å². The highest BCUT2D eigenvalue weighted by Gasteiger charge is 2.22. The van der Waals surface area contributed by atoms with E-state index in [0.29, 0.717) is 0 Å². The van der Waals surface area contributed by atoms with Crippen LogP contribution >= 0.6 is 17.0 Å². The average molecular weight is 328 g/mol. The molecule has 1 unspecified atom stereocenters. The lowest BCUT2D eigenvalue weighted by Crippen LogP contribution is -2.20. The molecule has 1 atom stereocenters. The van der Waals surface area contributed by atoms with E-state index in [2.05, 4.69) is 36.0 Å². The molecule has 0 aromatic heterocycles. The van der Waals surface area contributed by atoms with E-state index in [1.807, 2.05) is 12.1 Å². The summed E-state index contributed by atoms with van der Waals surface area (Å²) in [6.45, 7) is 3.60. The molecule has 0 spiro atoms. The van der Waals surface area contributed by atoms with Crippen LogP contribution in [0.3, 0.4) is 0 Å². The lowest BCUT2D eigenvalue weighted by Gasteiger charge is -2.19. The predicted octanol–water partition coefficient (Wildman–Crippen LogP) is 3.01. The van der Waals surface area contributed by atoms with Gasteiger partial charge < -0.3 is 15.5 Å². The Hall–Kier alpha value is -0.740. The van der Waals surface area contributed by atoms with Crippen molar-refractivity contribution in [2.75, 3.05) is 44.4 Å². The molecule has 0 amide bonds. The third-order valence-electron chi connectivity index (χ3n) is 3.76. The Morgan fingerprint density at radius 1 is 1.26 bits per heavy atom. The molecule has 1 saturated heterocycles. The number of halogens is 1. The fraction of sp³-hybridized carbons (Fsp3) is 0.600. The van der Waals surface area contributed by atoms with Gasteiger partial charge in [0.1, 0.15) is 0 Å². The average Bonchev–Trinajstić information content (AvgIpc) is 2.78. The summed E-state index contributed by atoms with van der Waals surface area (Å²) in [4.78, 5) is 4.76.